The molecule has 0 spiro atoms. The number of imidazole rings is 1. The molecule has 8 heteroatoms. The second-order valence-corrected chi connectivity index (χ2v) is 7.21. The lowest BCUT2D eigenvalue weighted by atomic mass is 10.3. The summed E-state index contributed by atoms with van der Waals surface area (Å²) in [6.07, 6.45) is 6.62. The molecule has 1 aliphatic heterocycles. The molecular weight excluding hydrogens is 348 g/mol. The van der Waals surface area contributed by atoms with E-state index >= 15 is 0 Å². The van der Waals surface area contributed by atoms with Gasteiger partial charge < -0.3 is 19.7 Å². The Bertz CT molecular complexity index is 762. The molecule has 0 bridgehead atoms. The zero-order valence-corrected chi connectivity index (χ0v) is 16.4. The first-order valence-electron chi connectivity index (χ1n) is 8.83. The van der Waals surface area contributed by atoms with Crippen LogP contribution < -0.4 is 10.2 Å². The van der Waals surface area contributed by atoms with Gasteiger partial charge in [0.05, 0.1) is 18.4 Å². The number of nitrogens with zero attached hydrogens (tertiary/aromatic N) is 5. The highest BCUT2D eigenvalue weighted by atomic mass is 32.2. The number of rotatable bonds is 4. The number of carbonyl (C=O) groups is 1. The number of hydrogen-bond acceptors (Lipinski definition) is 5. The SMILES string of the molecule is CSc1ncc(CNC(=O)N2CCCN(c3ccnc(C)c3)CC2)n1C. The Morgan fingerprint density at radius 2 is 2.12 bits per heavy atom. The molecule has 0 saturated carbocycles. The summed E-state index contributed by atoms with van der Waals surface area (Å²) in [6, 6.07) is 4.13. The molecule has 7 nitrogen and oxygen atoms in total. The van der Waals surface area contributed by atoms with Gasteiger partial charge in [0, 0.05) is 50.8 Å². The Balaban J connectivity index is 1.55. The van der Waals surface area contributed by atoms with Crippen LogP contribution in [0.15, 0.2) is 29.7 Å². The van der Waals surface area contributed by atoms with Gasteiger partial charge in [-0.15, -0.1) is 0 Å². The van der Waals surface area contributed by atoms with Gasteiger partial charge >= 0.3 is 6.03 Å². The van der Waals surface area contributed by atoms with Crippen LogP contribution in [0.1, 0.15) is 17.8 Å². The van der Waals surface area contributed by atoms with E-state index in [4.69, 9.17) is 0 Å². The maximum atomic E-state index is 12.6. The Hall–Kier alpha value is -2.22. The Kier molecular flexibility index (Phi) is 6.03. The smallest absolute Gasteiger partial charge is 0.317 e. The van der Waals surface area contributed by atoms with E-state index in [-0.39, 0.29) is 6.03 Å². The highest BCUT2D eigenvalue weighted by molar-refractivity contribution is 7.98. The second-order valence-electron chi connectivity index (χ2n) is 6.44. The molecule has 1 saturated heterocycles. The zero-order valence-electron chi connectivity index (χ0n) is 15.6. The van der Waals surface area contributed by atoms with Crippen LogP contribution in [0.4, 0.5) is 10.5 Å². The van der Waals surface area contributed by atoms with Crippen LogP contribution in [-0.2, 0) is 13.6 Å². The van der Waals surface area contributed by atoms with Crippen molar-refractivity contribution in [1.29, 1.82) is 0 Å². The van der Waals surface area contributed by atoms with Crippen LogP contribution >= 0.6 is 11.8 Å². The monoisotopic (exact) mass is 374 g/mol. The molecule has 1 aliphatic rings. The molecule has 2 amide bonds. The summed E-state index contributed by atoms with van der Waals surface area (Å²) in [4.78, 5) is 25.4. The predicted octanol–water partition coefficient (Wildman–Crippen LogP) is 2.27. The van der Waals surface area contributed by atoms with E-state index in [9.17, 15) is 4.79 Å². The van der Waals surface area contributed by atoms with E-state index < -0.39 is 0 Å². The van der Waals surface area contributed by atoms with Crippen LogP contribution in [0.3, 0.4) is 0 Å². The molecule has 0 radical (unpaired) electrons. The van der Waals surface area contributed by atoms with Crippen LogP contribution in [0.25, 0.3) is 0 Å². The minimum absolute atomic E-state index is 0.00957. The summed E-state index contributed by atoms with van der Waals surface area (Å²) in [5.74, 6) is 0. The maximum Gasteiger partial charge on any atom is 0.317 e. The molecule has 140 valence electrons. The third-order valence-corrected chi connectivity index (χ3v) is 5.42. The fourth-order valence-electron chi connectivity index (χ4n) is 3.16. The van der Waals surface area contributed by atoms with Gasteiger partial charge in [-0.25, -0.2) is 9.78 Å². The largest absolute Gasteiger partial charge is 0.370 e. The summed E-state index contributed by atoms with van der Waals surface area (Å²) >= 11 is 1.60. The van der Waals surface area contributed by atoms with Crippen molar-refractivity contribution in [1.82, 2.24) is 24.8 Å². The van der Waals surface area contributed by atoms with Crippen molar-refractivity contribution in [3.8, 4) is 0 Å². The summed E-state index contributed by atoms with van der Waals surface area (Å²) in [5.41, 5.74) is 3.20. The lowest BCUT2D eigenvalue weighted by Gasteiger charge is -2.24. The molecular formula is C18H26N6OS. The van der Waals surface area contributed by atoms with Crippen molar-refractivity contribution in [3.05, 3.63) is 35.9 Å². The summed E-state index contributed by atoms with van der Waals surface area (Å²) in [6.45, 7) is 5.77. The molecule has 0 aromatic carbocycles. The topological polar surface area (TPSA) is 66.3 Å². The van der Waals surface area contributed by atoms with E-state index in [1.165, 1.54) is 5.69 Å². The minimum atomic E-state index is -0.00957. The zero-order chi connectivity index (χ0) is 18.5. The first kappa shape index (κ1) is 18.6. The minimum Gasteiger partial charge on any atom is -0.370 e. The van der Waals surface area contributed by atoms with Crippen molar-refractivity contribution < 1.29 is 4.79 Å². The number of nitrogens with one attached hydrogen (secondary N) is 1. The van der Waals surface area contributed by atoms with Crippen molar-refractivity contribution in [3.63, 3.8) is 0 Å². The van der Waals surface area contributed by atoms with E-state index in [1.54, 1.807) is 11.8 Å². The van der Waals surface area contributed by atoms with Crippen molar-refractivity contribution >= 4 is 23.5 Å². The number of aromatic nitrogens is 3. The lowest BCUT2D eigenvalue weighted by molar-refractivity contribution is 0.200. The fourth-order valence-corrected chi connectivity index (χ4v) is 3.71. The Morgan fingerprint density at radius 1 is 1.27 bits per heavy atom. The maximum absolute atomic E-state index is 12.6. The third-order valence-electron chi connectivity index (χ3n) is 4.67. The Morgan fingerprint density at radius 3 is 2.85 bits per heavy atom. The van der Waals surface area contributed by atoms with E-state index in [2.05, 4.69) is 26.3 Å². The number of carbonyl (C=O) groups excluding carboxylic acids is 1. The average molecular weight is 375 g/mol. The van der Waals surface area contributed by atoms with Crippen LogP contribution in [0.5, 0.6) is 0 Å². The van der Waals surface area contributed by atoms with Crippen LogP contribution in [0.2, 0.25) is 0 Å². The molecule has 26 heavy (non-hydrogen) atoms. The van der Waals surface area contributed by atoms with E-state index in [1.807, 2.05) is 48.2 Å². The molecule has 1 N–H and O–H groups in total. The number of pyridine rings is 1. The van der Waals surface area contributed by atoms with Gasteiger partial charge in [-0.05, 0) is 31.7 Å². The predicted molar refractivity (Wildman–Crippen MR) is 105 cm³/mol. The van der Waals surface area contributed by atoms with Gasteiger partial charge in [-0.3, -0.25) is 4.98 Å². The molecule has 0 aliphatic carbocycles. The number of urea groups is 1. The van der Waals surface area contributed by atoms with Crippen molar-refractivity contribution in [2.75, 3.05) is 37.3 Å². The normalized spacial score (nSPS) is 15.0. The molecule has 1 fully saturated rings. The molecule has 2 aromatic rings. The summed E-state index contributed by atoms with van der Waals surface area (Å²) in [5, 5.41) is 3.98. The number of amides is 2. The van der Waals surface area contributed by atoms with E-state index in [0.29, 0.717) is 13.1 Å². The quantitative estimate of drug-likeness (QED) is 0.832. The molecule has 0 unspecified atom stereocenters. The number of thioether (sulfide) groups is 1. The van der Waals surface area contributed by atoms with Gasteiger partial charge in [0.2, 0.25) is 0 Å². The fraction of sp³-hybridized carbons (Fsp3) is 0.500. The van der Waals surface area contributed by atoms with Gasteiger partial charge in [0.25, 0.3) is 0 Å². The van der Waals surface area contributed by atoms with Crippen molar-refractivity contribution in [2.24, 2.45) is 7.05 Å². The second kappa shape index (κ2) is 8.44. The molecule has 2 aromatic heterocycles. The Labute approximate surface area is 158 Å². The number of hydrogen-bond donors (Lipinski definition) is 1. The average Bonchev–Trinajstić information content (AvgIpc) is 2.84. The lowest BCUT2D eigenvalue weighted by Crippen LogP contribution is -2.42. The van der Waals surface area contributed by atoms with Crippen LogP contribution in [-0.4, -0.2) is 57.9 Å². The molecule has 3 heterocycles. The highest BCUT2D eigenvalue weighted by Gasteiger charge is 2.19. The standard InChI is InChI=1S/C18H26N6OS/c1-14-11-15(5-6-19-14)23-7-4-8-24(10-9-23)17(25)20-12-16-13-21-18(26-3)22(16)2/h5-6,11,13H,4,7-10,12H2,1-3H3,(H,20,25). The van der Waals surface area contributed by atoms with E-state index in [0.717, 1.165) is 42.6 Å². The van der Waals surface area contributed by atoms with Gasteiger partial charge in [0.15, 0.2) is 5.16 Å². The van der Waals surface area contributed by atoms with Crippen molar-refractivity contribution in [2.45, 2.75) is 25.0 Å². The molecule has 3 rings (SSSR count). The van der Waals surface area contributed by atoms with Gasteiger partial charge in [-0.1, -0.05) is 11.8 Å². The summed E-state index contributed by atoms with van der Waals surface area (Å²) in [7, 11) is 1.97. The first-order chi connectivity index (χ1) is 12.6. The van der Waals surface area contributed by atoms with Crippen LogP contribution in [0, 0.1) is 6.92 Å². The summed E-state index contributed by atoms with van der Waals surface area (Å²) < 4.78 is 2.01. The number of anilines is 1. The third kappa shape index (κ3) is 4.30. The first-order valence-corrected chi connectivity index (χ1v) is 10.1. The molecule has 0 atom stereocenters. The van der Waals surface area contributed by atoms with Gasteiger partial charge in [-0.2, -0.15) is 0 Å². The van der Waals surface area contributed by atoms with Gasteiger partial charge in [0.1, 0.15) is 0 Å². The number of aryl methyl sites for hydroxylation is 1. The highest BCUT2D eigenvalue weighted by Crippen LogP contribution is 2.17.